The van der Waals surface area contributed by atoms with Crippen molar-refractivity contribution in [3.05, 3.63) is 0 Å². The highest BCUT2D eigenvalue weighted by Gasteiger charge is 2.14. The Balaban J connectivity index is 0. The zero-order valence-corrected chi connectivity index (χ0v) is 14.4. The van der Waals surface area contributed by atoms with Crippen LogP contribution in [0.3, 0.4) is 0 Å². The van der Waals surface area contributed by atoms with E-state index in [1.165, 1.54) is 51.4 Å². The van der Waals surface area contributed by atoms with Gasteiger partial charge in [-0.3, -0.25) is 0 Å². The van der Waals surface area contributed by atoms with Crippen LogP contribution in [0.5, 0.6) is 0 Å². The molecule has 5 heteroatoms. The van der Waals surface area contributed by atoms with Crippen LogP contribution in [0.1, 0.15) is 78.1 Å². The van der Waals surface area contributed by atoms with E-state index >= 15 is 0 Å². The van der Waals surface area contributed by atoms with Crippen molar-refractivity contribution in [1.29, 1.82) is 0 Å². The van der Waals surface area contributed by atoms with E-state index in [0.29, 0.717) is 6.61 Å². The number of carbonyl (C=O) groups excluding carboxylic acids is 1. The maximum Gasteiger partial charge on any atom is 0.337 e. The van der Waals surface area contributed by atoms with Crippen LogP contribution in [0.4, 0.5) is 0 Å². The average Bonchev–Trinajstić information content (AvgIpc) is 2.52. The molecule has 0 bridgehead atoms. The Morgan fingerprint density at radius 2 is 1.27 bits per heavy atom. The van der Waals surface area contributed by atoms with E-state index in [0.717, 1.165) is 12.8 Å². The third-order valence-electron chi connectivity index (χ3n) is 3.19. The third-order valence-corrected chi connectivity index (χ3v) is 3.19. The van der Waals surface area contributed by atoms with E-state index in [9.17, 15) is 4.79 Å². The molecule has 0 saturated heterocycles. The fraction of sp³-hybridized carbons (Fsp3) is 0.941. The summed E-state index contributed by atoms with van der Waals surface area (Å²) in [4.78, 5) is 11.0. The van der Waals surface area contributed by atoms with Crippen LogP contribution in [-0.2, 0) is 9.53 Å². The molecule has 0 aliphatic rings. The van der Waals surface area contributed by atoms with E-state index in [4.69, 9.17) is 20.1 Å². The molecule has 0 aromatic heterocycles. The Bertz CT molecular complexity index is 221. The maximum absolute atomic E-state index is 11.0. The quantitative estimate of drug-likeness (QED) is 0.359. The Kier molecular flexibility index (Phi) is 21.8. The molecule has 0 rings (SSSR count). The van der Waals surface area contributed by atoms with E-state index in [1.807, 2.05) is 0 Å². The fourth-order valence-corrected chi connectivity index (χ4v) is 1.93. The number of rotatable bonds is 13. The minimum atomic E-state index is -1.39. The van der Waals surface area contributed by atoms with Crippen molar-refractivity contribution in [2.45, 2.75) is 84.2 Å². The molecule has 0 heterocycles. The van der Waals surface area contributed by atoms with Crippen molar-refractivity contribution in [1.82, 2.24) is 0 Å². The van der Waals surface area contributed by atoms with E-state index in [1.54, 1.807) is 6.92 Å². The highest BCUT2D eigenvalue weighted by molar-refractivity contribution is 5.74. The van der Waals surface area contributed by atoms with Crippen LogP contribution < -0.4 is 0 Å². The molecule has 0 spiro atoms. The molecule has 0 saturated carbocycles. The number of carbonyl (C=O) groups is 1. The predicted octanol–water partition coefficient (Wildman–Crippen LogP) is 2.80. The number of hydrogen-bond acceptors (Lipinski definition) is 5. The molecule has 1 unspecified atom stereocenters. The summed E-state index contributed by atoms with van der Waals surface area (Å²) in [6, 6.07) is 0. The van der Waals surface area contributed by atoms with Crippen LogP contribution in [0.2, 0.25) is 0 Å². The van der Waals surface area contributed by atoms with Crippen LogP contribution in [0, 0.1) is 0 Å². The zero-order chi connectivity index (χ0) is 17.1. The van der Waals surface area contributed by atoms with Gasteiger partial charge < -0.3 is 20.1 Å². The second-order valence-corrected chi connectivity index (χ2v) is 5.36. The molecular weight excluding hydrogens is 284 g/mol. The summed E-state index contributed by atoms with van der Waals surface area (Å²) in [6.07, 6.45) is 10.9. The molecular formula is C17H36O5. The van der Waals surface area contributed by atoms with Crippen molar-refractivity contribution in [3.63, 3.8) is 0 Å². The maximum atomic E-state index is 11.0. The molecule has 0 aliphatic carbocycles. The summed E-state index contributed by atoms with van der Waals surface area (Å²) in [5.74, 6) is -0.724. The lowest BCUT2D eigenvalue weighted by atomic mass is 10.1. The lowest BCUT2D eigenvalue weighted by molar-refractivity contribution is -0.155. The second-order valence-electron chi connectivity index (χ2n) is 5.36. The Morgan fingerprint density at radius 1 is 0.864 bits per heavy atom. The highest BCUT2D eigenvalue weighted by atomic mass is 16.5. The number of aliphatic hydroxyl groups excluding tert-OH is 3. The van der Waals surface area contributed by atoms with Crippen LogP contribution >= 0.6 is 0 Å². The molecule has 134 valence electrons. The highest BCUT2D eigenvalue weighted by Crippen LogP contribution is 2.10. The van der Waals surface area contributed by atoms with E-state index in [2.05, 4.69) is 6.92 Å². The van der Waals surface area contributed by atoms with Crippen molar-refractivity contribution in [2.24, 2.45) is 0 Å². The summed E-state index contributed by atoms with van der Waals surface area (Å²) in [5.41, 5.74) is 0. The van der Waals surface area contributed by atoms with E-state index < -0.39 is 18.7 Å². The summed E-state index contributed by atoms with van der Waals surface area (Å²) < 4.78 is 4.82. The lowest BCUT2D eigenvalue weighted by Crippen LogP contribution is -2.26. The van der Waals surface area contributed by atoms with Gasteiger partial charge in [0.2, 0.25) is 0 Å². The first-order valence-electron chi connectivity index (χ1n) is 8.70. The van der Waals surface area contributed by atoms with Gasteiger partial charge in [0.15, 0.2) is 6.10 Å². The summed E-state index contributed by atoms with van der Waals surface area (Å²) in [7, 11) is 0. The molecule has 0 aromatic carbocycles. The van der Waals surface area contributed by atoms with Crippen LogP contribution in [0.25, 0.3) is 0 Å². The molecule has 0 amide bonds. The standard InChI is InChI=1S/C15H30O4.C2H6O/c1-2-3-4-5-6-7-8-9-10-11-12-19-15(18)14(17)13-16;1-2-3/h14,16-17H,2-13H2,1H3;3H,2H2,1H3. The normalized spacial score (nSPS) is 11.5. The van der Waals surface area contributed by atoms with Crippen LogP contribution in [-0.4, -0.2) is 47.2 Å². The predicted molar refractivity (Wildman–Crippen MR) is 88.7 cm³/mol. The number of esters is 1. The molecule has 0 radical (unpaired) electrons. The Labute approximate surface area is 135 Å². The number of hydrogen-bond donors (Lipinski definition) is 3. The monoisotopic (exact) mass is 320 g/mol. The van der Waals surface area contributed by atoms with Gasteiger partial charge in [-0.15, -0.1) is 0 Å². The van der Waals surface area contributed by atoms with Gasteiger partial charge in [-0.2, -0.15) is 0 Å². The summed E-state index contributed by atoms with van der Waals surface area (Å²) in [5, 5.41) is 25.1. The van der Waals surface area contributed by atoms with Crippen molar-refractivity contribution in [2.75, 3.05) is 19.8 Å². The Morgan fingerprint density at radius 3 is 1.68 bits per heavy atom. The van der Waals surface area contributed by atoms with Crippen molar-refractivity contribution < 1.29 is 24.9 Å². The van der Waals surface area contributed by atoms with Gasteiger partial charge in [-0.1, -0.05) is 64.7 Å². The van der Waals surface area contributed by atoms with Crippen LogP contribution in [0.15, 0.2) is 0 Å². The number of aliphatic hydroxyl groups is 3. The minimum Gasteiger partial charge on any atom is -0.464 e. The van der Waals surface area contributed by atoms with Gasteiger partial charge in [0.1, 0.15) is 0 Å². The first-order valence-corrected chi connectivity index (χ1v) is 8.70. The summed E-state index contributed by atoms with van der Waals surface area (Å²) in [6.45, 7) is 3.93. The van der Waals surface area contributed by atoms with Gasteiger partial charge >= 0.3 is 5.97 Å². The third kappa shape index (κ3) is 19.4. The smallest absolute Gasteiger partial charge is 0.337 e. The van der Waals surface area contributed by atoms with Gasteiger partial charge in [0.05, 0.1) is 13.2 Å². The van der Waals surface area contributed by atoms with Gasteiger partial charge in [0, 0.05) is 6.61 Å². The molecule has 0 aliphatic heterocycles. The Hall–Kier alpha value is -0.650. The molecule has 22 heavy (non-hydrogen) atoms. The van der Waals surface area contributed by atoms with Gasteiger partial charge in [0.25, 0.3) is 0 Å². The molecule has 3 N–H and O–H groups in total. The lowest BCUT2D eigenvalue weighted by Gasteiger charge is -2.07. The largest absolute Gasteiger partial charge is 0.464 e. The fourth-order valence-electron chi connectivity index (χ4n) is 1.93. The van der Waals surface area contributed by atoms with Gasteiger partial charge in [-0.05, 0) is 13.3 Å². The molecule has 0 fully saturated rings. The van der Waals surface area contributed by atoms with E-state index in [-0.39, 0.29) is 6.61 Å². The average molecular weight is 320 g/mol. The minimum absolute atomic E-state index is 0.250. The number of unbranched alkanes of at least 4 members (excludes halogenated alkanes) is 9. The van der Waals surface area contributed by atoms with Gasteiger partial charge in [-0.25, -0.2) is 4.79 Å². The first-order chi connectivity index (χ1) is 10.6. The first kappa shape index (κ1) is 23.6. The van der Waals surface area contributed by atoms with Crippen molar-refractivity contribution >= 4 is 5.97 Å². The summed E-state index contributed by atoms with van der Waals surface area (Å²) >= 11 is 0. The zero-order valence-electron chi connectivity index (χ0n) is 14.4. The molecule has 0 aromatic rings. The topological polar surface area (TPSA) is 87.0 Å². The molecule has 1 atom stereocenters. The SMILES string of the molecule is CCCCCCCCCCCCOC(=O)C(O)CO.CCO. The molecule has 5 nitrogen and oxygen atoms in total. The van der Waals surface area contributed by atoms with Crippen molar-refractivity contribution in [3.8, 4) is 0 Å². The second kappa shape index (κ2) is 20.3. The number of ether oxygens (including phenoxy) is 1.